The molecule has 0 fully saturated rings. The van der Waals surface area contributed by atoms with Crippen LogP contribution in [-0.4, -0.2) is 0 Å². The maximum Gasteiger partial charge on any atom is 0.292 e. The van der Waals surface area contributed by atoms with Crippen molar-refractivity contribution in [1.29, 1.82) is 10.5 Å². The van der Waals surface area contributed by atoms with Gasteiger partial charge in [0, 0.05) is 0 Å². The molecule has 4 aromatic carbocycles. The molecule has 34 heavy (non-hydrogen) atoms. The van der Waals surface area contributed by atoms with Crippen molar-refractivity contribution >= 4 is 0 Å². The summed E-state index contributed by atoms with van der Waals surface area (Å²) in [5.41, 5.74) is 5.41. The number of nitriles is 2. The van der Waals surface area contributed by atoms with Crippen LogP contribution in [0.5, 0.6) is 11.5 Å². The zero-order valence-corrected chi connectivity index (χ0v) is 19.5. The van der Waals surface area contributed by atoms with Gasteiger partial charge in [0.2, 0.25) is 0 Å². The van der Waals surface area contributed by atoms with Crippen molar-refractivity contribution in [2.24, 2.45) is 0 Å². The topological polar surface area (TPSA) is 66.0 Å². The summed E-state index contributed by atoms with van der Waals surface area (Å²) >= 11 is 0. The van der Waals surface area contributed by atoms with Crippen molar-refractivity contribution in [3.8, 4) is 35.1 Å². The van der Waals surface area contributed by atoms with Crippen molar-refractivity contribution in [2.75, 3.05) is 0 Å². The third-order valence-corrected chi connectivity index (χ3v) is 4.87. The van der Waals surface area contributed by atoms with Crippen LogP contribution in [0.4, 0.5) is 0 Å². The van der Waals surface area contributed by atoms with Crippen molar-refractivity contribution in [1.82, 2.24) is 0 Å². The minimum atomic E-state index is 0.583. The van der Waals surface area contributed by atoms with E-state index in [0.717, 1.165) is 12.8 Å². The lowest BCUT2D eigenvalue weighted by Gasteiger charge is -2.04. The fraction of sp³-hybridized carbons (Fsp3) is 0.133. The third-order valence-electron chi connectivity index (χ3n) is 4.87. The zero-order valence-electron chi connectivity index (χ0n) is 19.5. The van der Waals surface area contributed by atoms with Crippen LogP contribution in [0, 0.1) is 23.0 Å². The van der Waals surface area contributed by atoms with Crippen LogP contribution in [0.3, 0.4) is 0 Å². The molecule has 0 spiro atoms. The van der Waals surface area contributed by atoms with Gasteiger partial charge in [-0.15, -0.1) is 10.5 Å². The Morgan fingerprint density at radius 2 is 0.824 bits per heavy atom. The molecule has 4 aromatic rings. The van der Waals surface area contributed by atoms with Crippen LogP contribution in [-0.2, 0) is 12.8 Å². The monoisotopic (exact) mass is 448 g/mol. The van der Waals surface area contributed by atoms with Crippen LogP contribution >= 0.6 is 0 Å². The molecule has 4 heteroatoms. The molecule has 4 rings (SSSR count). The summed E-state index contributed by atoms with van der Waals surface area (Å²) in [5, 5.41) is 16.1. The van der Waals surface area contributed by atoms with Gasteiger partial charge < -0.3 is 9.47 Å². The number of hydrogen-bond acceptors (Lipinski definition) is 4. The molecule has 0 unspecified atom stereocenters. The van der Waals surface area contributed by atoms with E-state index < -0.39 is 0 Å². The van der Waals surface area contributed by atoms with Gasteiger partial charge in [-0.2, -0.15) is 0 Å². The number of aryl methyl sites for hydroxylation is 2. The molecule has 0 atom stereocenters. The van der Waals surface area contributed by atoms with E-state index in [0.29, 0.717) is 11.5 Å². The van der Waals surface area contributed by atoms with Crippen molar-refractivity contribution in [2.45, 2.75) is 26.7 Å². The Hall–Kier alpha value is -4.54. The first kappa shape index (κ1) is 25.7. The Bertz CT molecular complexity index is 1060. The minimum Gasteiger partial charge on any atom is -0.388 e. The van der Waals surface area contributed by atoms with E-state index in [9.17, 15) is 0 Å². The molecule has 0 saturated carbocycles. The van der Waals surface area contributed by atoms with E-state index >= 15 is 0 Å². The second kappa shape index (κ2) is 15.3. The maximum absolute atomic E-state index is 8.05. The Kier molecular flexibility index (Phi) is 11.6. The minimum absolute atomic E-state index is 0.583. The molecule has 0 bridgehead atoms. The summed E-state index contributed by atoms with van der Waals surface area (Å²) < 4.78 is 9.02. The Morgan fingerprint density at radius 3 is 1.09 bits per heavy atom. The number of rotatable bonds is 5. The van der Waals surface area contributed by atoms with Crippen molar-refractivity contribution in [3.63, 3.8) is 0 Å². The van der Waals surface area contributed by atoms with E-state index in [2.05, 4.69) is 71.9 Å². The fourth-order valence-electron chi connectivity index (χ4n) is 2.95. The fourth-order valence-corrected chi connectivity index (χ4v) is 2.95. The number of ether oxygens (including phenoxy) is 2. The summed E-state index contributed by atoms with van der Waals surface area (Å²) in [6.45, 7) is 4.37. The summed E-state index contributed by atoms with van der Waals surface area (Å²) in [5.74, 6) is 1.17. The highest BCUT2D eigenvalue weighted by molar-refractivity contribution is 5.63. The molecule has 0 radical (unpaired) electrons. The van der Waals surface area contributed by atoms with Crippen molar-refractivity contribution < 1.29 is 9.47 Å². The van der Waals surface area contributed by atoms with Gasteiger partial charge >= 0.3 is 0 Å². The number of benzene rings is 4. The molecular formula is C30H28N2O2. The quantitative estimate of drug-likeness (QED) is 0.295. The molecule has 0 aliphatic rings. The first-order valence-corrected chi connectivity index (χ1v) is 11.1. The van der Waals surface area contributed by atoms with E-state index in [-0.39, 0.29) is 0 Å². The molecule has 0 saturated heterocycles. The zero-order chi connectivity index (χ0) is 24.4. The van der Waals surface area contributed by atoms with Gasteiger partial charge in [-0.1, -0.05) is 98.8 Å². The summed E-state index contributed by atoms with van der Waals surface area (Å²) in [4.78, 5) is 0. The molecule has 0 aliphatic heterocycles. The smallest absolute Gasteiger partial charge is 0.292 e. The predicted molar refractivity (Wildman–Crippen MR) is 136 cm³/mol. The lowest BCUT2D eigenvalue weighted by Crippen LogP contribution is -1.83. The molecule has 0 aromatic heterocycles. The van der Waals surface area contributed by atoms with E-state index in [4.69, 9.17) is 10.5 Å². The van der Waals surface area contributed by atoms with Crippen LogP contribution in [0.25, 0.3) is 11.1 Å². The Morgan fingerprint density at radius 1 is 0.500 bits per heavy atom. The summed E-state index contributed by atoms with van der Waals surface area (Å²) in [7, 11) is 0. The predicted octanol–water partition coefficient (Wildman–Crippen LogP) is 7.57. The van der Waals surface area contributed by atoms with Crippen LogP contribution in [0.2, 0.25) is 0 Å². The van der Waals surface area contributed by atoms with E-state index in [1.807, 2.05) is 36.4 Å². The summed E-state index contributed by atoms with van der Waals surface area (Å²) in [6, 6.07) is 35.6. The first-order chi connectivity index (χ1) is 16.7. The van der Waals surface area contributed by atoms with Crippen LogP contribution < -0.4 is 9.47 Å². The molecule has 0 N–H and O–H groups in total. The summed E-state index contributed by atoms with van der Waals surface area (Å²) in [6.07, 6.45) is 5.38. The van der Waals surface area contributed by atoms with Gasteiger partial charge in [0.15, 0.2) is 0 Å². The first-order valence-electron chi connectivity index (χ1n) is 11.1. The van der Waals surface area contributed by atoms with Gasteiger partial charge in [-0.3, -0.25) is 0 Å². The van der Waals surface area contributed by atoms with Crippen LogP contribution in [0.1, 0.15) is 25.0 Å². The van der Waals surface area contributed by atoms with Crippen molar-refractivity contribution in [3.05, 3.63) is 120 Å². The Labute approximate surface area is 202 Å². The standard InChI is InChI=1S/C16H18.2C7H5NO/c1-3-13-5-9-15(10-6-13)16-11-7-14(4-2)8-12-16;2*8-6-9-7-4-2-1-3-5-7/h5-12H,3-4H2,1-2H3;2*1-5H. The average Bonchev–Trinajstić information content (AvgIpc) is 2.91. The highest BCUT2D eigenvalue weighted by Gasteiger charge is 1.97. The lowest BCUT2D eigenvalue weighted by molar-refractivity contribution is 0.507. The van der Waals surface area contributed by atoms with Crippen LogP contribution in [0.15, 0.2) is 109 Å². The van der Waals surface area contributed by atoms with Gasteiger partial charge in [0.25, 0.3) is 12.5 Å². The molecule has 0 heterocycles. The highest BCUT2D eigenvalue weighted by Crippen LogP contribution is 2.20. The molecule has 4 nitrogen and oxygen atoms in total. The number of para-hydroxylation sites is 2. The van der Waals surface area contributed by atoms with E-state index in [1.165, 1.54) is 22.3 Å². The highest BCUT2D eigenvalue weighted by atomic mass is 16.5. The molecule has 0 aliphatic carbocycles. The molecule has 0 amide bonds. The second-order valence-corrected chi connectivity index (χ2v) is 7.11. The normalized spacial score (nSPS) is 9.06. The number of hydrogen-bond donors (Lipinski definition) is 0. The number of nitrogens with zero attached hydrogens (tertiary/aromatic N) is 2. The maximum atomic E-state index is 8.05. The van der Waals surface area contributed by atoms with Gasteiger partial charge in [-0.25, -0.2) is 0 Å². The van der Waals surface area contributed by atoms with Gasteiger partial charge in [-0.05, 0) is 59.4 Å². The Balaban J connectivity index is 0.000000194. The average molecular weight is 449 g/mol. The SMILES string of the molecule is CCc1ccc(-c2ccc(CC)cc2)cc1.N#COc1ccccc1.N#COc1ccccc1. The molecular weight excluding hydrogens is 420 g/mol. The van der Waals surface area contributed by atoms with E-state index in [1.54, 1.807) is 36.8 Å². The van der Waals surface area contributed by atoms with Gasteiger partial charge in [0.05, 0.1) is 0 Å². The largest absolute Gasteiger partial charge is 0.388 e. The molecule has 170 valence electrons. The van der Waals surface area contributed by atoms with Gasteiger partial charge in [0.1, 0.15) is 11.5 Å². The lowest BCUT2D eigenvalue weighted by atomic mass is 10.0. The second-order valence-electron chi connectivity index (χ2n) is 7.11. The third kappa shape index (κ3) is 9.30.